The van der Waals surface area contributed by atoms with Gasteiger partial charge in [-0.15, -0.1) is 0 Å². The fourth-order valence-electron chi connectivity index (χ4n) is 1.52. The third-order valence-corrected chi connectivity index (χ3v) is 2.35. The van der Waals surface area contributed by atoms with Crippen molar-refractivity contribution in [3.8, 4) is 0 Å². The summed E-state index contributed by atoms with van der Waals surface area (Å²) >= 11 is 0. The Labute approximate surface area is 78.3 Å². The average molecular weight is 183 g/mol. The smallest absolute Gasteiger partial charge is 0.0682 e. The third-order valence-electron chi connectivity index (χ3n) is 2.35. The number of nitrogens with two attached hydrogens (primary N) is 2. The van der Waals surface area contributed by atoms with E-state index < -0.39 is 0 Å². The Bertz CT molecular complexity index is 235. The molecule has 0 bridgehead atoms. The van der Waals surface area contributed by atoms with Crippen molar-refractivity contribution in [1.82, 2.24) is 0 Å². The molecule has 0 aliphatic heterocycles. The van der Waals surface area contributed by atoms with E-state index in [4.69, 9.17) is 11.5 Å². The van der Waals surface area contributed by atoms with Crippen molar-refractivity contribution in [1.29, 1.82) is 0 Å². The van der Waals surface area contributed by atoms with Crippen LogP contribution in [-0.2, 0) is 0 Å². The van der Waals surface area contributed by atoms with Gasteiger partial charge >= 0.3 is 0 Å². The van der Waals surface area contributed by atoms with Gasteiger partial charge in [-0.3, -0.25) is 4.99 Å². The fraction of sp³-hybridized carbons (Fsp3) is 0.667. The lowest BCUT2D eigenvalue weighted by molar-refractivity contribution is 0.181. The maximum absolute atomic E-state index is 9.27. The average Bonchev–Trinajstić information content (AvgIpc) is 2.49. The van der Waals surface area contributed by atoms with Crippen LogP contribution in [0, 0.1) is 0 Å². The number of nitrogens with zero attached hydrogens (tertiary/aromatic N) is 1. The van der Waals surface area contributed by atoms with Gasteiger partial charge in [0.2, 0.25) is 0 Å². The van der Waals surface area contributed by atoms with Gasteiger partial charge in [0.1, 0.15) is 0 Å². The number of allylic oxidation sites excluding steroid dienone is 1. The van der Waals surface area contributed by atoms with E-state index >= 15 is 0 Å². The van der Waals surface area contributed by atoms with E-state index in [2.05, 4.69) is 4.99 Å². The number of aliphatic imine (C=N–C) groups is 1. The van der Waals surface area contributed by atoms with Crippen molar-refractivity contribution in [2.24, 2.45) is 16.5 Å². The van der Waals surface area contributed by atoms with E-state index in [-0.39, 0.29) is 12.1 Å². The summed E-state index contributed by atoms with van der Waals surface area (Å²) in [5.74, 6) is 0. The normalized spacial score (nSPS) is 30.9. The monoisotopic (exact) mass is 183 g/mol. The zero-order valence-corrected chi connectivity index (χ0v) is 7.90. The molecule has 2 unspecified atom stereocenters. The van der Waals surface area contributed by atoms with Crippen LogP contribution in [0.15, 0.2) is 16.9 Å². The molecule has 2 atom stereocenters. The summed E-state index contributed by atoms with van der Waals surface area (Å²) in [6.45, 7) is 1.84. The van der Waals surface area contributed by atoms with E-state index in [1.165, 1.54) is 6.20 Å². The standard InChI is InChI=1S/C9H17N3O/c1-6(9(11)5-10)12-7-2-3-8(13)4-7/h5,7-8,13H,2-4,10-11H2,1H3. The minimum atomic E-state index is -0.190. The van der Waals surface area contributed by atoms with E-state index in [9.17, 15) is 5.11 Å². The molecule has 1 aliphatic rings. The van der Waals surface area contributed by atoms with Crippen molar-refractivity contribution in [2.75, 3.05) is 0 Å². The number of hydrogen-bond acceptors (Lipinski definition) is 4. The number of aliphatic hydroxyl groups is 1. The van der Waals surface area contributed by atoms with Gasteiger partial charge in [0.15, 0.2) is 0 Å². The van der Waals surface area contributed by atoms with Crippen LogP contribution in [0.25, 0.3) is 0 Å². The van der Waals surface area contributed by atoms with Crippen molar-refractivity contribution >= 4 is 5.71 Å². The van der Waals surface area contributed by atoms with Gasteiger partial charge in [0, 0.05) is 6.20 Å². The molecule has 0 heterocycles. The maximum Gasteiger partial charge on any atom is 0.0682 e. The van der Waals surface area contributed by atoms with Crippen LogP contribution in [0.2, 0.25) is 0 Å². The Morgan fingerprint density at radius 2 is 2.23 bits per heavy atom. The van der Waals surface area contributed by atoms with Crippen LogP contribution in [0.3, 0.4) is 0 Å². The molecule has 4 heteroatoms. The van der Waals surface area contributed by atoms with Crippen molar-refractivity contribution in [3.63, 3.8) is 0 Å². The summed E-state index contributed by atoms with van der Waals surface area (Å²) in [6, 6.07) is 0.216. The second-order valence-corrected chi connectivity index (χ2v) is 3.46. The first kappa shape index (κ1) is 10.1. The molecular weight excluding hydrogens is 166 g/mol. The molecular formula is C9H17N3O. The number of aliphatic hydroxyl groups excluding tert-OH is 1. The number of hydrogen-bond donors (Lipinski definition) is 3. The summed E-state index contributed by atoms with van der Waals surface area (Å²) in [5.41, 5.74) is 12.1. The van der Waals surface area contributed by atoms with Crippen LogP contribution in [-0.4, -0.2) is 23.0 Å². The van der Waals surface area contributed by atoms with Crippen LogP contribution in [0.5, 0.6) is 0 Å². The quantitative estimate of drug-likeness (QED) is 0.531. The van der Waals surface area contributed by atoms with E-state index in [1.807, 2.05) is 6.92 Å². The molecule has 1 saturated carbocycles. The zero-order valence-electron chi connectivity index (χ0n) is 7.90. The highest BCUT2D eigenvalue weighted by molar-refractivity contribution is 5.97. The summed E-state index contributed by atoms with van der Waals surface area (Å²) in [5, 5.41) is 9.27. The largest absolute Gasteiger partial charge is 0.403 e. The zero-order chi connectivity index (χ0) is 9.84. The molecule has 1 rings (SSSR count). The Balaban J connectivity index is 2.55. The minimum absolute atomic E-state index is 0.190. The highest BCUT2D eigenvalue weighted by Crippen LogP contribution is 2.22. The summed E-state index contributed by atoms with van der Waals surface area (Å²) < 4.78 is 0. The first-order chi connectivity index (χ1) is 6.13. The first-order valence-corrected chi connectivity index (χ1v) is 4.53. The second-order valence-electron chi connectivity index (χ2n) is 3.46. The van der Waals surface area contributed by atoms with Gasteiger partial charge in [-0.25, -0.2) is 0 Å². The molecule has 0 spiro atoms. The molecule has 0 aromatic rings. The first-order valence-electron chi connectivity index (χ1n) is 4.53. The van der Waals surface area contributed by atoms with Crippen LogP contribution in [0.4, 0.5) is 0 Å². The molecule has 0 radical (unpaired) electrons. The number of rotatable bonds is 2. The molecule has 0 saturated heterocycles. The molecule has 13 heavy (non-hydrogen) atoms. The van der Waals surface area contributed by atoms with E-state index in [0.717, 1.165) is 25.0 Å². The fourth-order valence-corrected chi connectivity index (χ4v) is 1.52. The molecule has 0 amide bonds. The van der Waals surface area contributed by atoms with Crippen LogP contribution in [0.1, 0.15) is 26.2 Å². The highest BCUT2D eigenvalue weighted by atomic mass is 16.3. The van der Waals surface area contributed by atoms with Crippen molar-refractivity contribution < 1.29 is 5.11 Å². The summed E-state index contributed by atoms with van der Waals surface area (Å²) in [4.78, 5) is 4.38. The molecule has 74 valence electrons. The molecule has 1 aliphatic carbocycles. The van der Waals surface area contributed by atoms with Gasteiger partial charge in [0.05, 0.1) is 23.6 Å². The Hall–Kier alpha value is -1.03. The predicted octanol–water partition coefficient (Wildman–Crippen LogP) is 0.120. The molecule has 0 aromatic heterocycles. The van der Waals surface area contributed by atoms with E-state index in [1.54, 1.807) is 0 Å². The Kier molecular flexibility index (Phi) is 3.31. The van der Waals surface area contributed by atoms with Crippen molar-refractivity contribution in [2.45, 2.75) is 38.3 Å². The molecule has 0 aromatic carbocycles. The maximum atomic E-state index is 9.27. The lowest BCUT2D eigenvalue weighted by Gasteiger charge is -2.05. The predicted molar refractivity (Wildman–Crippen MR) is 53.2 cm³/mol. The molecule has 1 fully saturated rings. The molecule has 5 N–H and O–H groups in total. The van der Waals surface area contributed by atoms with Crippen molar-refractivity contribution in [3.05, 3.63) is 11.9 Å². The van der Waals surface area contributed by atoms with Gasteiger partial charge in [-0.05, 0) is 26.2 Å². The topological polar surface area (TPSA) is 84.6 Å². The summed E-state index contributed by atoms with van der Waals surface area (Å²) in [7, 11) is 0. The Morgan fingerprint density at radius 3 is 2.69 bits per heavy atom. The highest BCUT2D eigenvalue weighted by Gasteiger charge is 2.22. The SMILES string of the molecule is CC(=NC1CCC(O)C1)C(N)=CN. The van der Waals surface area contributed by atoms with Crippen LogP contribution < -0.4 is 11.5 Å². The molecule has 4 nitrogen and oxygen atoms in total. The minimum Gasteiger partial charge on any atom is -0.403 e. The van der Waals surface area contributed by atoms with Gasteiger partial charge in [-0.2, -0.15) is 0 Å². The van der Waals surface area contributed by atoms with Crippen LogP contribution >= 0.6 is 0 Å². The third kappa shape index (κ3) is 2.73. The van der Waals surface area contributed by atoms with Gasteiger partial charge < -0.3 is 16.6 Å². The van der Waals surface area contributed by atoms with Gasteiger partial charge in [0.25, 0.3) is 0 Å². The lowest BCUT2D eigenvalue weighted by Crippen LogP contribution is -2.13. The van der Waals surface area contributed by atoms with Gasteiger partial charge in [-0.1, -0.05) is 0 Å². The second kappa shape index (κ2) is 4.28. The van der Waals surface area contributed by atoms with E-state index in [0.29, 0.717) is 5.70 Å². The Morgan fingerprint density at radius 1 is 1.54 bits per heavy atom. The summed E-state index contributed by atoms with van der Waals surface area (Å²) in [6.07, 6.45) is 3.69. The lowest BCUT2D eigenvalue weighted by atomic mass is 10.2.